The zero-order valence-corrected chi connectivity index (χ0v) is 12.8. The Labute approximate surface area is 125 Å². The van der Waals surface area contributed by atoms with E-state index in [4.69, 9.17) is 9.47 Å². The molecule has 6 heteroatoms. The third kappa shape index (κ3) is 3.35. The van der Waals surface area contributed by atoms with E-state index in [0.29, 0.717) is 18.0 Å². The van der Waals surface area contributed by atoms with Crippen molar-refractivity contribution in [2.45, 2.75) is 13.3 Å². The van der Waals surface area contributed by atoms with E-state index in [2.05, 4.69) is 10.6 Å². The Kier molecular flexibility index (Phi) is 5.65. The normalized spacial score (nSPS) is 20.9. The van der Waals surface area contributed by atoms with E-state index in [1.807, 2.05) is 13.0 Å². The number of rotatable bonds is 4. The van der Waals surface area contributed by atoms with Crippen LogP contribution in [0.25, 0.3) is 0 Å². The quantitative estimate of drug-likeness (QED) is 0.893. The Morgan fingerprint density at radius 2 is 2.00 bits per heavy atom. The van der Waals surface area contributed by atoms with Crippen LogP contribution in [0.5, 0.6) is 11.5 Å². The molecule has 0 aliphatic carbocycles. The van der Waals surface area contributed by atoms with Gasteiger partial charge in [-0.3, -0.25) is 4.79 Å². The number of amides is 1. The predicted octanol–water partition coefficient (Wildman–Crippen LogP) is 2.06. The number of anilines is 1. The van der Waals surface area contributed by atoms with E-state index in [1.54, 1.807) is 26.4 Å². The Morgan fingerprint density at radius 1 is 1.30 bits per heavy atom. The summed E-state index contributed by atoms with van der Waals surface area (Å²) in [4.78, 5) is 12.3. The molecule has 0 bridgehead atoms. The van der Waals surface area contributed by atoms with E-state index >= 15 is 0 Å². The van der Waals surface area contributed by atoms with Gasteiger partial charge in [-0.2, -0.15) is 0 Å². The van der Waals surface area contributed by atoms with Crippen molar-refractivity contribution in [1.82, 2.24) is 5.32 Å². The fraction of sp³-hybridized carbons (Fsp3) is 0.500. The van der Waals surface area contributed by atoms with Crippen molar-refractivity contribution in [3.63, 3.8) is 0 Å². The summed E-state index contributed by atoms with van der Waals surface area (Å²) >= 11 is 0. The molecule has 1 amide bonds. The van der Waals surface area contributed by atoms with Crippen LogP contribution in [0.15, 0.2) is 18.2 Å². The van der Waals surface area contributed by atoms with Gasteiger partial charge < -0.3 is 20.1 Å². The van der Waals surface area contributed by atoms with Crippen molar-refractivity contribution in [2.75, 3.05) is 32.6 Å². The first-order chi connectivity index (χ1) is 9.09. The molecule has 1 atom stereocenters. The second-order valence-corrected chi connectivity index (χ2v) is 5.01. The molecule has 0 radical (unpaired) electrons. The summed E-state index contributed by atoms with van der Waals surface area (Å²) in [6.45, 7) is 3.57. The standard InChI is InChI=1S/C14H20N2O3.ClH/c1-14(6-7-15-9-14)13(17)16-10-4-5-11(18-2)12(8-10)19-3;/h4-5,8,15H,6-7,9H2,1-3H3,(H,16,17);1H. The van der Waals surface area contributed by atoms with Crippen LogP contribution in [0.4, 0.5) is 5.69 Å². The van der Waals surface area contributed by atoms with Crippen LogP contribution in [-0.4, -0.2) is 33.2 Å². The van der Waals surface area contributed by atoms with Gasteiger partial charge >= 0.3 is 0 Å². The lowest BCUT2D eigenvalue weighted by molar-refractivity contribution is -0.123. The molecule has 1 aromatic rings. The number of carbonyl (C=O) groups is 1. The fourth-order valence-corrected chi connectivity index (χ4v) is 2.21. The van der Waals surface area contributed by atoms with E-state index < -0.39 is 0 Å². The van der Waals surface area contributed by atoms with Crippen LogP contribution < -0.4 is 20.1 Å². The molecule has 5 nitrogen and oxygen atoms in total. The molecule has 0 saturated carbocycles. The molecule has 1 saturated heterocycles. The number of hydrogen-bond acceptors (Lipinski definition) is 4. The van der Waals surface area contributed by atoms with Crippen molar-refractivity contribution in [3.05, 3.63) is 18.2 Å². The van der Waals surface area contributed by atoms with Gasteiger partial charge in [-0.1, -0.05) is 0 Å². The lowest BCUT2D eigenvalue weighted by Crippen LogP contribution is -2.35. The number of ether oxygens (including phenoxy) is 2. The first kappa shape index (κ1) is 16.6. The lowest BCUT2D eigenvalue weighted by atomic mass is 9.89. The van der Waals surface area contributed by atoms with Crippen molar-refractivity contribution >= 4 is 24.0 Å². The minimum absolute atomic E-state index is 0. The van der Waals surface area contributed by atoms with Gasteiger partial charge in [0, 0.05) is 18.3 Å². The molecule has 1 fully saturated rings. The molecule has 20 heavy (non-hydrogen) atoms. The molecule has 2 rings (SSSR count). The molecule has 1 aromatic carbocycles. The molecule has 2 N–H and O–H groups in total. The number of carbonyl (C=O) groups excluding carboxylic acids is 1. The smallest absolute Gasteiger partial charge is 0.231 e. The van der Waals surface area contributed by atoms with Gasteiger partial charge in [-0.05, 0) is 32.0 Å². The van der Waals surface area contributed by atoms with Crippen LogP contribution in [0.1, 0.15) is 13.3 Å². The van der Waals surface area contributed by atoms with Gasteiger partial charge in [0.25, 0.3) is 0 Å². The van der Waals surface area contributed by atoms with E-state index in [9.17, 15) is 4.79 Å². The molecule has 1 aliphatic heterocycles. The zero-order valence-electron chi connectivity index (χ0n) is 12.0. The molecule has 0 spiro atoms. The third-order valence-corrected chi connectivity index (χ3v) is 3.56. The average Bonchev–Trinajstić information content (AvgIpc) is 2.87. The maximum absolute atomic E-state index is 12.3. The summed E-state index contributed by atoms with van der Waals surface area (Å²) in [7, 11) is 3.16. The highest BCUT2D eigenvalue weighted by molar-refractivity contribution is 5.95. The predicted molar refractivity (Wildman–Crippen MR) is 81.0 cm³/mol. The topological polar surface area (TPSA) is 59.6 Å². The highest BCUT2D eigenvalue weighted by Crippen LogP contribution is 2.31. The lowest BCUT2D eigenvalue weighted by Gasteiger charge is -2.21. The van der Waals surface area contributed by atoms with Gasteiger partial charge in [0.2, 0.25) is 5.91 Å². The van der Waals surface area contributed by atoms with E-state index in [0.717, 1.165) is 18.7 Å². The first-order valence-corrected chi connectivity index (χ1v) is 6.33. The van der Waals surface area contributed by atoms with Gasteiger partial charge in [0.15, 0.2) is 11.5 Å². The second-order valence-electron chi connectivity index (χ2n) is 5.01. The molecule has 112 valence electrons. The average molecular weight is 301 g/mol. The minimum Gasteiger partial charge on any atom is -0.493 e. The summed E-state index contributed by atoms with van der Waals surface area (Å²) in [5.41, 5.74) is 0.378. The fourth-order valence-electron chi connectivity index (χ4n) is 2.21. The van der Waals surface area contributed by atoms with Gasteiger partial charge in [0.05, 0.1) is 19.6 Å². The highest BCUT2D eigenvalue weighted by Gasteiger charge is 2.36. The SMILES string of the molecule is COc1ccc(NC(=O)C2(C)CCNC2)cc1OC.Cl. The van der Waals surface area contributed by atoms with Crippen LogP contribution in [0, 0.1) is 5.41 Å². The van der Waals surface area contributed by atoms with Crippen molar-refractivity contribution in [1.29, 1.82) is 0 Å². The number of benzene rings is 1. The van der Waals surface area contributed by atoms with Crippen molar-refractivity contribution in [2.24, 2.45) is 5.41 Å². The summed E-state index contributed by atoms with van der Waals surface area (Å²) in [5.74, 6) is 1.29. The molecule has 1 heterocycles. The van der Waals surface area contributed by atoms with E-state index in [-0.39, 0.29) is 23.7 Å². The van der Waals surface area contributed by atoms with Gasteiger partial charge in [-0.15, -0.1) is 12.4 Å². The summed E-state index contributed by atoms with van der Waals surface area (Å²) < 4.78 is 10.4. The number of nitrogens with one attached hydrogen (secondary N) is 2. The largest absolute Gasteiger partial charge is 0.493 e. The Morgan fingerprint density at radius 3 is 2.55 bits per heavy atom. The Hall–Kier alpha value is -1.46. The van der Waals surface area contributed by atoms with Crippen molar-refractivity contribution < 1.29 is 14.3 Å². The van der Waals surface area contributed by atoms with E-state index in [1.165, 1.54) is 0 Å². The molecular weight excluding hydrogens is 280 g/mol. The maximum Gasteiger partial charge on any atom is 0.231 e. The molecular formula is C14H21ClN2O3. The zero-order chi connectivity index (χ0) is 13.9. The Bertz CT molecular complexity index is 473. The highest BCUT2D eigenvalue weighted by atomic mass is 35.5. The number of hydrogen-bond donors (Lipinski definition) is 2. The van der Waals surface area contributed by atoms with Crippen molar-refractivity contribution in [3.8, 4) is 11.5 Å². The third-order valence-electron chi connectivity index (χ3n) is 3.56. The first-order valence-electron chi connectivity index (χ1n) is 6.33. The summed E-state index contributed by atoms with van der Waals surface area (Å²) in [6.07, 6.45) is 0.853. The number of halogens is 1. The molecule has 1 aliphatic rings. The second kappa shape index (κ2) is 6.81. The van der Waals surface area contributed by atoms with Crippen LogP contribution in [0.3, 0.4) is 0 Å². The molecule has 1 unspecified atom stereocenters. The Balaban J connectivity index is 0.00000200. The molecule has 0 aromatic heterocycles. The van der Waals surface area contributed by atoms with Gasteiger partial charge in [0.1, 0.15) is 0 Å². The minimum atomic E-state index is -0.340. The number of methoxy groups -OCH3 is 2. The summed E-state index contributed by atoms with van der Waals surface area (Å²) in [6, 6.07) is 5.36. The summed E-state index contributed by atoms with van der Waals surface area (Å²) in [5, 5.41) is 6.15. The monoisotopic (exact) mass is 300 g/mol. The van der Waals surface area contributed by atoms with Gasteiger partial charge in [-0.25, -0.2) is 0 Å². The van der Waals surface area contributed by atoms with Crippen LogP contribution in [-0.2, 0) is 4.79 Å². The maximum atomic E-state index is 12.3. The van der Waals surface area contributed by atoms with Crippen LogP contribution >= 0.6 is 12.4 Å². The van der Waals surface area contributed by atoms with Crippen LogP contribution in [0.2, 0.25) is 0 Å².